The van der Waals surface area contributed by atoms with Crippen molar-refractivity contribution in [1.82, 2.24) is 4.98 Å². The number of nitrogens with zero attached hydrogens (tertiary/aromatic N) is 1. The van der Waals surface area contributed by atoms with E-state index >= 15 is 0 Å². The summed E-state index contributed by atoms with van der Waals surface area (Å²) < 4.78 is 0. The van der Waals surface area contributed by atoms with Crippen LogP contribution in [0.4, 0.5) is 0 Å². The minimum absolute atomic E-state index is 0.142. The van der Waals surface area contributed by atoms with Crippen molar-refractivity contribution >= 4 is 22.4 Å². The van der Waals surface area contributed by atoms with Crippen LogP contribution < -0.4 is 0 Å². The van der Waals surface area contributed by atoms with E-state index in [1.54, 1.807) is 0 Å². The van der Waals surface area contributed by atoms with Gasteiger partial charge in [0.05, 0.1) is 0 Å². The summed E-state index contributed by atoms with van der Waals surface area (Å²) in [7, 11) is 0. The Morgan fingerprint density at radius 2 is 2.00 bits per heavy atom. The van der Waals surface area contributed by atoms with Crippen LogP contribution in [0.5, 0.6) is 0 Å². The van der Waals surface area contributed by atoms with Crippen molar-refractivity contribution < 1.29 is 0 Å². The van der Waals surface area contributed by atoms with E-state index in [0.29, 0.717) is 5.92 Å². The maximum absolute atomic E-state index is 6.15. The lowest BCUT2D eigenvalue weighted by Gasteiger charge is -2.16. The molecule has 1 heterocycles. The van der Waals surface area contributed by atoms with E-state index in [0.717, 1.165) is 0 Å². The van der Waals surface area contributed by atoms with E-state index in [9.17, 15) is 0 Å². The number of alkyl halides is 1. The summed E-state index contributed by atoms with van der Waals surface area (Å²) in [5, 5.41) is 2.58. The first kappa shape index (κ1) is 10.4. The Kier molecular flexibility index (Phi) is 2.92. The number of fused-ring (bicyclic) bond motifs is 1. The predicted molar refractivity (Wildman–Crippen MR) is 65.5 cm³/mol. The molecule has 0 spiro atoms. The standard InChI is InChI=1S/C13H14ClN/c1-9(10(2)14)12-5-3-4-11-8-15-7-6-13(11)12/h3-10H,1-2H3. The average Bonchev–Trinajstić information content (AvgIpc) is 2.27. The van der Waals surface area contributed by atoms with Crippen LogP contribution in [-0.2, 0) is 0 Å². The second-order valence-electron chi connectivity index (χ2n) is 3.91. The molecule has 2 unspecified atom stereocenters. The minimum Gasteiger partial charge on any atom is -0.264 e. The molecular weight excluding hydrogens is 206 g/mol. The number of rotatable bonds is 2. The van der Waals surface area contributed by atoms with Crippen molar-refractivity contribution in [2.45, 2.75) is 25.1 Å². The molecule has 0 saturated carbocycles. The molecule has 0 saturated heterocycles. The Balaban J connectivity index is 2.60. The van der Waals surface area contributed by atoms with Crippen molar-refractivity contribution in [2.75, 3.05) is 0 Å². The van der Waals surface area contributed by atoms with Crippen LogP contribution in [0.15, 0.2) is 36.7 Å². The van der Waals surface area contributed by atoms with Crippen LogP contribution in [0.1, 0.15) is 25.3 Å². The lowest BCUT2D eigenvalue weighted by Crippen LogP contribution is -2.05. The first-order chi connectivity index (χ1) is 7.20. The van der Waals surface area contributed by atoms with Crippen LogP contribution in [0.25, 0.3) is 10.8 Å². The van der Waals surface area contributed by atoms with Crippen molar-refractivity contribution in [1.29, 1.82) is 0 Å². The molecule has 2 aromatic rings. The molecule has 1 aromatic heterocycles. The summed E-state index contributed by atoms with van der Waals surface area (Å²) in [6.45, 7) is 4.19. The Labute approximate surface area is 95.1 Å². The van der Waals surface area contributed by atoms with Crippen LogP contribution in [0.3, 0.4) is 0 Å². The number of halogens is 1. The van der Waals surface area contributed by atoms with Crippen LogP contribution in [-0.4, -0.2) is 10.4 Å². The lowest BCUT2D eigenvalue weighted by molar-refractivity contribution is 0.748. The van der Waals surface area contributed by atoms with Gasteiger partial charge in [0.2, 0.25) is 0 Å². The van der Waals surface area contributed by atoms with Gasteiger partial charge >= 0.3 is 0 Å². The number of hydrogen-bond donors (Lipinski definition) is 0. The molecule has 0 aliphatic rings. The first-order valence-corrected chi connectivity index (χ1v) is 5.60. The minimum atomic E-state index is 0.142. The summed E-state index contributed by atoms with van der Waals surface area (Å²) in [6, 6.07) is 8.35. The predicted octanol–water partition coefficient (Wildman–Crippen LogP) is 3.97. The Morgan fingerprint density at radius 1 is 1.20 bits per heavy atom. The smallest absolute Gasteiger partial charge is 0.0373 e. The normalized spacial score (nSPS) is 15.1. The second kappa shape index (κ2) is 4.19. The third-order valence-electron chi connectivity index (χ3n) is 2.89. The molecule has 15 heavy (non-hydrogen) atoms. The molecule has 0 radical (unpaired) electrons. The van der Waals surface area contributed by atoms with Gasteiger partial charge in [0.15, 0.2) is 0 Å². The summed E-state index contributed by atoms with van der Waals surface area (Å²) in [5.41, 5.74) is 1.30. The second-order valence-corrected chi connectivity index (χ2v) is 4.60. The number of aromatic nitrogens is 1. The number of hydrogen-bond acceptors (Lipinski definition) is 1. The van der Waals surface area contributed by atoms with Gasteiger partial charge < -0.3 is 0 Å². The van der Waals surface area contributed by atoms with Crippen LogP contribution in [0.2, 0.25) is 0 Å². The molecule has 2 heteroatoms. The SMILES string of the molecule is CC(Cl)C(C)c1cccc2cnccc12. The van der Waals surface area contributed by atoms with Gasteiger partial charge in [-0.25, -0.2) is 0 Å². The fraction of sp³-hybridized carbons (Fsp3) is 0.308. The Bertz CT molecular complexity index is 460. The summed E-state index contributed by atoms with van der Waals surface area (Å²) in [5.74, 6) is 0.359. The highest BCUT2D eigenvalue weighted by atomic mass is 35.5. The van der Waals surface area contributed by atoms with E-state index in [1.807, 2.05) is 19.3 Å². The monoisotopic (exact) mass is 219 g/mol. The van der Waals surface area contributed by atoms with E-state index in [-0.39, 0.29) is 5.38 Å². The van der Waals surface area contributed by atoms with Gasteiger partial charge in [-0.3, -0.25) is 4.98 Å². The molecule has 1 aromatic carbocycles. The molecule has 0 fully saturated rings. The molecule has 0 amide bonds. The third-order valence-corrected chi connectivity index (χ3v) is 3.27. The molecule has 0 bridgehead atoms. The van der Waals surface area contributed by atoms with E-state index in [2.05, 4.69) is 36.2 Å². The van der Waals surface area contributed by atoms with Gasteiger partial charge in [-0.15, -0.1) is 11.6 Å². The number of benzene rings is 1. The van der Waals surface area contributed by atoms with E-state index < -0.39 is 0 Å². The molecule has 0 N–H and O–H groups in total. The van der Waals surface area contributed by atoms with Crippen LogP contribution >= 0.6 is 11.6 Å². The average molecular weight is 220 g/mol. The van der Waals surface area contributed by atoms with Gasteiger partial charge in [-0.2, -0.15) is 0 Å². The zero-order valence-corrected chi connectivity index (χ0v) is 9.70. The van der Waals surface area contributed by atoms with Gasteiger partial charge in [0.1, 0.15) is 0 Å². The molecule has 2 rings (SSSR count). The molecule has 1 nitrogen and oxygen atoms in total. The zero-order valence-electron chi connectivity index (χ0n) is 8.94. The van der Waals surface area contributed by atoms with Crippen molar-refractivity contribution in [2.24, 2.45) is 0 Å². The third kappa shape index (κ3) is 1.98. The quantitative estimate of drug-likeness (QED) is 0.697. The molecule has 78 valence electrons. The Morgan fingerprint density at radius 3 is 2.73 bits per heavy atom. The lowest BCUT2D eigenvalue weighted by atomic mass is 9.94. The molecule has 0 aliphatic carbocycles. The number of pyridine rings is 1. The van der Waals surface area contributed by atoms with E-state index in [1.165, 1.54) is 16.3 Å². The molecule has 0 aliphatic heterocycles. The zero-order chi connectivity index (χ0) is 10.8. The Hall–Kier alpha value is -1.08. The highest BCUT2D eigenvalue weighted by Crippen LogP contribution is 2.29. The first-order valence-electron chi connectivity index (χ1n) is 5.17. The van der Waals surface area contributed by atoms with Crippen molar-refractivity contribution in [3.63, 3.8) is 0 Å². The van der Waals surface area contributed by atoms with Gasteiger partial charge in [0, 0.05) is 23.2 Å². The largest absolute Gasteiger partial charge is 0.264 e. The fourth-order valence-corrected chi connectivity index (χ4v) is 1.93. The maximum atomic E-state index is 6.15. The summed E-state index contributed by atoms with van der Waals surface area (Å²) >= 11 is 6.15. The summed E-state index contributed by atoms with van der Waals surface area (Å²) in [6.07, 6.45) is 3.72. The topological polar surface area (TPSA) is 12.9 Å². The summed E-state index contributed by atoms with van der Waals surface area (Å²) in [4.78, 5) is 4.13. The van der Waals surface area contributed by atoms with Crippen molar-refractivity contribution in [3.8, 4) is 0 Å². The molecular formula is C13H14ClN. The van der Waals surface area contributed by atoms with Gasteiger partial charge in [-0.05, 0) is 29.9 Å². The maximum Gasteiger partial charge on any atom is 0.0373 e. The van der Waals surface area contributed by atoms with Crippen LogP contribution in [0, 0.1) is 0 Å². The highest BCUT2D eigenvalue weighted by molar-refractivity contribution is 6.21. The van der Waals surface area contributed by atoms with Gasteiger partial charge in [-0.1, -0.05) is 25.1 Å². The van der Waals surface area contributed by atoms with E-state index in [4.69, 9.17) is 11.6 Å². The van der Waals surface area contributed by atoms with Crippen molar-refractivity contribution in [3.05, 3.63) is 42.2 Å². The fourth-order valence-electron chi connectivity index (χ4n) is 1.79. The van der Waals surface area contributed by atoms with Gasteiger partial charge in [0.25, 0.3) is 0 Å². The molecule has 2 atom stereocenters. The highest BCUT2D eigenvalue weighted by Gasteiger charge is 2.13.